The molecule has 0 amide bonds. The normalized spacial score (nSPS) is 20.2. The first-order valence-corrected chi connectivity index (χ1v) is 6.88. The third kappa shape index (κ3) is 2.64. The maximum Gasteiger partial charge on any atom is 0.171 e. The quantitative estimate of drug-likeness (QED) is 0.737. The van der Waals surface area contributed by atoms with E-state index in [-0.39, 0.29) is 6.04 Å². The molecule has 3 rings (SSSR count). The number of rotatable bonds is 2. The molecule has 1 heterocycles. The second kappa shape index (κ2) is 5.56. The molecular formula is C15H15N3OS. The third-order valence-corrected chi connectivity index (χ3v) is 3.63. The molecule has 0 fully saturated rings. The van der Waals surface area contributed by atoms with Gasteiger partial charge in [0.2, 0.25) is 0 Å². The summed E-state index contributed by atoms with van der Waals surface area (Å²) in [6.07, 6.45) is 3.61. The van der Waals surface area contributed by atoms with Crippen molar-refractivity contribution in [3.05, 3.63) is 59.9 Å². The van der Waals surface area contributed by atoms with E-state index < -0.39 is 6.10 Å². The van der Waals surface area contributed by atoms with Crippen LogP contribution in [0.4, 0.5) is 5.69 Å². The van der Waals surface area contributed by atoms with Crippen LogP contribution in [-0.4, -0.2) is 21.3 Å². The zero-order valence-corrected chi connectivity index (χ0v) is 11.6. The smallest absolute Gasteiger partial charge is 0.171 e. The molecular weight excluding hydrogens is 270 g/mol. The number of pyridine rings is 1. The molecule has 0 radical (unpaired) electrons. The molecule has 3 N–H and O–H groups in total. The number of hydrogen-bond acceptors (Lipinski definition) is 3. The van der Waals surface area contributed by atoms with Gasteiger partial charge in [0.05, 0.1) is 24.0 Å². The average molecular weight is 285 g/mol. The summed E-state index contributed by atoms with van der Waals surface area (Å²) < 4.78 is 0. The highest BCUT2D eigenvalue weighted by Crippen LogP contribution is 2.31. The van der Waals surface area contributed by atoms with Crippen LogP contribution in [0.5, 0.6) is 0 Å². The van der Waals surface area contributed by atoms with E-state index in [0.717, 1.165) is 11.3 Å². The van der Waals surface area contributed by atoms with E-state index in [1.807, 2.05) is 36.4 Å². The van der Waals surface area contributed by atoms with Crippen molar-refractivity contribution in [1.82, 2.24) is 10.3 Å². The number of anilines is 1. The molecule has 102 valence electrons. The van der Waals surface area contributed by atoms with Gasteiger partial charge >= 0.3 is 0 Å². The van der Waals surface area contributed by atoms with Crippen LogP contribution in [0.25, 0.3) is 0 Å². The maximum absolute atomic E-state index is 10.2. The highest BCUT2D eigenvalue weighted by molar-refractivity contribution is 7.80. The fourth-order valence-electron chi connectivity index (χ4n) is 2.49. The van der Waals surface area contributed by atoms with Gasteiger partial charge in [-0.3, -0.25) is 4.98 Å². The van der Waals surface area contributed by atoms with Crippen LogP contribution >= 0.6 is 12.2 Å². The van der Waals surface area contributed by atoms with Gasteiger partial charge in [-0.1, -0.05) is 24.3 Å². The molecule has 0 saturated carbocycles. The first kappa shape index (κ1) is 13.0. The van der Waals surface area contributed by atoms with Crippen LogP contribution in [-0.2, 0) is 6.42 Å². The minimum absolute atomic E-state index is 0.164. The molecule has 1 aliphatic rings. The summed E-state index contributed by atoms with van der Waals surface area (Å²) in [4.78, 5) is 4.02. The maximum atomic E-state index is 10.2. The molecule has 20 heavy (non-hydrogen) atoms. The summed E-state index contributed by atoms with van der Waals surface area (Å²) in [5, 5.41) is 16.9. The fourth-order valence-corrected chi connectivity index (χ4v) is 2.74. The minimum Gasteiger partial charge on any atom is -0.390 e. The van der Waals surface area contributed by atoms with Gasteiger partial charge in [0.25, 0.3) is 0 Å². The Morgan fingerprint density at radius 2 is 2.10 bits per heavy atom. The second-order valence-electron chi connectivity index (χ2n) is 4.79. The Balaban J connectivity index is 1.70. The number of aromatic nitrogens is 1. The highest BCUT2D eigenvalue weighted by atomic mass is 32.1. The van der Waals surface area contributed by atoms with Gasteiger partial charge in [0, 0.05) is 12.6 Å². The molecule has 0 spiro atoms. The van der Waals surface area contributed by atoms with Crippen molar-refractivity contribution in [2.75, 3.05) is 5.32 Å². The zero-order valence-electron chi connectivity index (χ0n) is 10.8. The number of hydrogen-bond donors (Lipinski definition) is 3. The van der Waals surface area contributed by atoms with E-state index in [1.54, 1.807) is 12.4 Å². The lowest BCUT2D eigenvalue weighted by Crippen LogP contribution is -2.36. The van der Waals surface area contributed by atoms with Gasteiger partial charge in [-0.05, 0) is 35.5 Å². The Hall–Kier alpha value is -1.98. The summed E-state index contributed by atoms with van der Waals surface area (Å²) in [5.41, 5.74) is 3.10. The Kier molecular flexibility index (Phi) is 3.62. The van der Waals surface area contributed by atoms with Crippen molar-refractivity contribution in [3.8, 4) is 0 Å². The van der Waals surface area contributed by atoms with E-state index in [4.69, 9.17) is 12.2 Å². The van der Waals surface area contributed by atoms with Gasteiger partial charge in [-0.2, -0.15) is 0 Å². The molecule has 0 unspecified atom stereocenters. The number of thiocarbonyl (C=S) groups is 1. The van der Waals surface area contributed by atoms with Gasteiger partial charge < -0.3 is 15.7 Å². The van der Waals surface area contributed by atoms with Crippen molar-refractivity contribution in [1.29, 1.82) is 0 Å². The van der Waals surface area contributed by atoms with Crippen molar-refractivity contribution < 1.29 is 5.11 Å². The van der Waals surface area contributed by atoms with E-state index in [1.165, 1.54) is 5.56 Å². The fraction of sp³-hybridized carbons (Fsp3) is 0.200. The van der Waals surface area contributed by atoms with Crippen LogP contribution in [0.3, 0.4) is 0 Å². The van der Waals surface area contributed by atoms with Gasteiger partial charge in [0.15, 0.2) is 5.11 Å². The van der Waals surface area contributed by atoms with Gasteiger partial charge in [0.1, 0.15) is 0 Å². The zero-order chi connectivity index (χ0) is 13.9. The van der Waals surface area contributed by atoms with Crippen LogP contribution in [0.2, 0.25) is 0 Å². The molecule has 5 heteroatoms. The topological polar surface area (TPSA) is 57.2 Å². The Bertz CT molecular complexity index is 618. The summed E-state index contributed by atoms with van der Waals surface area (Å²) >= 11 is 5.29. The number of nitrogens with one attached hydrogen (secondary N) is 2. The minimum atomic E-state index is -0.457. The van der Waals surface area contributed by atoms with E-state index in [2.05, 4.69) is 15.6 Å². The van der Waals surface area contributed by atoms with Crippen molar-refractivity contribution in [2.24, 2.45) is 0 Å². The number of benzene rings is 1. The number of nitrogens with zero attached hydrogens (tertiary/aromatic N) is 1. The lowest BCUT2D eigenvalue weighted by molar-refractivity contribution is 0.151. The summed E-state index contributed by atoms with van der Waals surface area (Å²) in [6.45, 7) is 0. The van der Waals surface area contributed by atoms with E-state index >= 15 is 0 Å². The van der Waals surface area contributed by atoms with Crippen LogP contribution in [0.15, 0.2) is 48.8 Å². The summed E-state index contributed by atoms with van der Waals surface area (Å²) in [5.74, 6) is 0. The molecule has 1 aromatic carbocycles. The Morgan fingerprint density at radius 3 is 2.90 bits per heavy atom. The number of aliphatic hydroxyl groups is 1. The van der Waals surface area contributed by atoms with E-state index in [9.17, 15) is 5.11 Å². The lowest BCUT2D eigenvalue weighted by Gasteiger charge is -2.20. The summed E-state index contributed by atoms with van der Waals surface area (Å²) in [6, 6.07) is 11.6. The SMILES string of the molecule is O[C@H]1Cc2ccccc2[C@H]1NC(=S)Nc1cccnc1. The third-order valence-electron chi connectivity index (χ3n) is 3.41. The highest BCUT2D eigenvalue weighted by Gasteiger charge is 2.31. The van der Waals surface area contributed by atoms with Gasteiger partial charge in [-0.25, -0.2) is 0 Å². The first-order valence-electron chi connectivity index (χ1n) is 6.47. The van der Waals surface area contributed by atoms with Crippen molar-refractivity contribution in [3.63, 3.8) is 0 Å². The predicted octanol–water partition coefficient (Wildman–Crippen LogP) is 2.03. The molecule has 0 saturated heterocycles. The molecule has 0 aliphatic heterocycles. The molecule has 1 aromatic heterocycles. The lowest BCUT2D eigenvalue weighted by atomic mass is 10.1. The largest absolute Gasteiger partial charge is 0.390 e. The Labute approximate surface area is 122 Å². The Morgan fingerprint density at radius 1 is 1.25 bits per heavy atom. The molecule has 2 atom stereocenters. The van der Waals surface area contributed by atoms with Gasteiger partial charge in [-0.15, -0.1) is 0 Å². The monoisotopic (exact) mass is 285 g/mol. The molecule has 2 aromatic rings. The average Bonchev–Trinajstić information content (AvgIpc) is 2.76. The first-order chi connectivity index (χ1) is 9.74. The predicted molar refractivity (Wildman–Crippen MR) is 82.5 cm³/mol. The molecule has 4 nitrogen and oxygen atoms in total. The van der Waals surface area contributed by atoms with Crippen LogP contribution in [0, 0.1) is 0 Å². The molecule has 0 bridgehead atoms. The van der Waals surface area contributed by atoms with E-state index in [0.29, 0.717) is 11.5 Å². The van der Waals surface area contributed by atoms with Crippen molar-refractivity contribution in [2.45, 2.75) is 18.6 Å². The number of fused-ring (bicyclic) bond motifs is 1. The number of aliphatic hydroxyl groups excluding tert-OH is 1. The molecule has 1 aliphatic carbocycles. The van der Waals surface area contributed by atoms with Crippen LogP contribution < -0.4 is 10.6 Å². The van der Waals surface area contributed by atoms with Crippen LogP contribution in [0.1, 0.15) is 17.2 Å². The summed E-state index contributed by atoms with van der Waals surface area (Å²) in [7, 11) is 0. The standard InChI is InChI=1S/C15H15N3OS/c19-13-8-10-4-1-2-6-12(10)14(13)18-15(20)17-11-5-3-7-16-9-11/h1-7,9,13-14,19H,8H2,(H2,17,18,20)/t13-,14+/m0/s1. The van der Waals surface area contributed by atoms with Crippen molar-refractivity contribution >= 4 is 23.0 Å². The second-order valence-corrected chi connectivity index (χ2v) is 5.20.